The third kappa shape index (κ3) is 3.78. The van der Waals surface area contributed by atoms with Gasteiger partial charge in [0.25, 0.3) is 0 Å². The lowest BCUT2D eigenvalue weighted by molar-refractivity contribution is -0.118. The van der Waals surface area contributed by atoms with Crippen LogP contribution >= 0.6 is 0 Å². The summed E-state index contributed by atoms with van der Waals surface area (Å²) in [6, 6.07) is 7.27. The van der Waals surface area contributed by atoms with Crippen LogP contribution in [-0.4, -0.2) is 23.6 Å². The molecule has 0 saturated carbocycles. The predicted octanol–water partition coefficient (Wildman–Crippen LogP) is 2.21. The summed E-state index contributed by atoms with van der Waals surface area (Å²) >= 11 is 0. The SMILES string of the molecule is CC(O)c1ccccc1NC(=O)C1CCCCCN1. The Bertz CT molecular complexity index is 424. The van der Waals surface area contributed by atoms with E-state index >= 15 is 0 Å². The molecule has 4 nitrogen and oxygen atoms in total. The fourth-order valence-electron chi connectivity index (χ4n) is 2.45. The Kier molecular flexibility index (Phi) is 4.93. The van der Waals surface area contributed by atoms with Crippen molar-refractivity contribution in [3.63, 3.8) is 0 Å². The number of benzene rings is 1. The summed E-state index contributed by atoms with van der Waals surface area (Å²) < 4.78 is 0. The molecule has 1 heterocycles. The Morgan fingerprint density at radius 3 is 2.95 bits per heavy atom. The van der Waals surface area contributed by atoms with E-state index in [4.69, 9.17) is 0 Å². The molecule has 1 amide bonds. The van der Waals surface area contributed by atoms with Crippen molar-refractivity contribution >= 4 is 11.6 Å². The molecule has 1 aliphatic heterocycles. The van der Waals surface area contributed by atoms with Gasteiger partial charge in [-0.05, 0) is 32.4 Å². The summed E-state index contributed by atoms with van der Waals surface area (Å²) in [5.41, 5.74) is 1.46. The van der Waals surface area contributed by atoms with Crippen LogP contribution < -0.4 is 10.6 Å². The molecule has 1 saturated heterocycles. The lowest BCUT2D eigenvalue weighted by Crippen LogP contribution is -2.40. The Morgan fingerprint density at radius 2 is 2.16 bits per heavy atom. The average Bonchev–Trinajstić information content (AvgIpc) is 2.68. The monoisotopic (exact) mass is 262 g/mol. The number of anilines is 1. The summed E-state index contributed by atoms with van der Waals surface area (Å²) in [5.74, 6) is -0.00463. The van der Waals surface area contributed by atoms with E-state index in [0.717, 1.165) is 31.4 Å². The molecule has 0 aliphatic carbocycles. The van der Waals surface area contributed by atoms with Gasteiger partial charge >= 0.3 is 0 Å². The molecule has 1 aromatic rings. The summed E-state index contributed by atoms with van der Waals surface area (Å²) in [5, 5.41) is 15.9. The second-order valence-electron chi connectivity index (χ2n) is 5.11. The van der Waals surface area contributed by atoms with Gasteiger partial charge in [-0.25, -0.2) is 0 Å². The van der Waals surface area contributed by atoms with E-state index in [1.165, 1.54) is 6.42 Å². The topological polar surface area (TPSA) is 61.4 Å². The largest absolute Gasteiger partial charge is 0.389 e. The lowest BCUT2D eigenvalue weighted by Gasteiger charge is -2.18. The highest BCUT2D eigenvalue weighted by atomic mass is 16.3. The van der Waals surface area contributed by atoms with Crippen molar-refractivity contribution in [2.24, 2.45) is 0 Å². The highest BCUT2D eigenvalue weighted by Crippen LogP contribution is 2.22. The standard InChI is InChI=1S/C15H22N2O2/c1-11(18)12-7-4-5-8-13(12)17-15(19)14-9-3-2-6-10-16-14/h4-5,7-8,11,14,16,18H,2-3,6,9-10H2,1H3,(H,17,19). The molecule has 1 aromatic carbocycles. The first-order valence-electron chi connectivity index (χ1n) is 6.99. The fourth-order valence-corrected chi connectivity index (χ4v) is 2.45. The van der Waals surface area contributed by atoms with E-state index in [9.17, 15) is 9.90 Å². The fraction of sp³-hybridized carbons (Fsp3) is 0.533. The van der Waals surface area contributed by atoms with Crippen molar-refractivity contribution in [1.29, 1.82) is 0 Å². The van der Waals surface area contributed by atoms with E-state index in [2.05, 4.69) is 10.6 Å². The second kappa shape index (κ2) is 6.68. The minimum Gasteiger partial charge on any atom is -0.389 e. The molecule has 3 N–H and O–H groups in total. The Labute approximate surface area is 114 Å². The minimum absolute atomic E-state index is 0.00463. The quantitative estimate of drug-likeness (QED) is 0.782. The van der Waals surface area contributed by atoms with Crippen molar-refractivity contribution in [3.05, 3.63) is 29.8 Å². The van der Waals surface area contributed by atoms with E-state index in [1.54, 1.807) is 6.92 Å². The van der Waals surface area contributed by atoms with Gasteiger partial charge in [-0.1, -0.05) is 31.0 Å². The number of aliphatic hydroxyl groups is 1. The van der Waals surface area contributed by atoms with E-state index in [1.807, 2.05) is 24.3 Å². The first kappa shape index (κ1) is 14.0. The number of rotatable bonds is 3. The lowest BCUT2D eigenvalue weighted by atomic mass is 10.1. The van der Waals surface area contributed by atoms with Crippen molar-refractivity contribution in [2.45, 2.75) is 44.8 Å². The zero-order chi connectivity index (χ0) is 13.7. The zero-order valence-corrected chi connectivity index (χ0v) is 11.4. The molecule has 1 aliphatic rings. The van der Waals surface area contributed by atoms with Gasteiger partial charge in [0.15, 0.2) is 0 Å². The van der Waals surface area contributed by atoms with Gasteiger partial charge in [0, 0.05) is 11.3 Å². The van der Waals surface area contributed by atoms with Gasteiger partial charge in [0.1, 0.15) is 0 Å². The number of carbonyl (C=O) groups is 1. The van der Waals surface area contributed by atoms with Crippen LogP contribution in [-0.2, 0) is 4.79 Å². The molecular formula is C15H22N2O2. The molecular weight excluding hydrogens is 240 g/mol. The van der Waals surface area contributed by atoms with Gasteiger partial charge in [-0.3, -0.25) is 4.79 Å². The number of carbonyl (C=O) groups excluding carboxylic acids is 1. The van der Waals surface area contributed by atoms with Crippen LogP contribution in [0.15, 0.2) is 24.3 Å². The van der Waals surface area contributed by atoms with Gasteiger partial charge < -0.3 is 15.7 Å². The molecule has 104 valence electrons. The van der Waals surface area contributed by atoms with Gasteiger partial charge in [-0.2, -0.15) is 0 Å². The second-order valence-corrected chi connectivity index (χ2v) is 5.11. The third-order valence-electron chi connectivity index (χ3n) is 3.55. The molecule has 2 atom stereocenters. The average molecular weight is 262 g/mol. The number of hydrogen-bond donors (Lipinski definition) is 3. The molecule has 2 unspecified atom stereocenters. The summed E-state index contributed by atoms with van der Waals surface area (Å²) in [6.07, 6.45) is 3.69. The molecule has 0 aromatic heterocycles. The number of amides is 1. The first-order chi connectivity index (χ1) is 9.18. The predicted molar refractivity (Wildman–Crippen MR) is 76.0 cm³/mol. The molecule has 0 spiro atoms. The molecule has 0 bridgehead atoms. The van der Waals surface area contributed by atoms with Crippen LogP contribution in [0.1, 0.15) is 44.3 Å². The number of hydrogen-bond acceptors (Lipinski definition) is 3. The van der Waals surface area contributed by atoms with Crippen LogP contribution in [0, 0.1) is 0 Å². The highest BCUT2D eigenvalue weighted by molar-refractivity contribution is 5.95. The molecule has 4 heteroatoms. The summed E-state index contributed by atoms with van der Waals surface area (Å²) in [4.78, 5) is 12.2. The van der Waals surface area contributed by atoms with Crippen molar-refractivity contribution < 1.29 is 9.90 Å². The summed E-state index contributed by atoms with van der Waals surface area (Å²) in [7, 11) is 0. The molecule has 0 radical (unpaired) electrons. The first-order valence-corrected chi connectivity index (χ1v) is 6.99. The normalized spacial score (nSPS) is 21.5. The van der Waals surface area contributed by atoms with Crippen LogP contribution in [0.5, 0.6) is 0 Å². The molecule has 2 rings (SSSR count). The minimum atomic E-state index is -0.585. The maximum absolute atomic E-state index is 12.2. The Balaban J connectivity index is 2.05. The highest BCUT2D eigenvalue weighted by Gasteiger charge is 2.20. The van der Waals surface area contributed by atoms with E-state index in [-0.39, 0.29) is 11.9 Å². The third-order valence-corrected chi connectivity index (χ3v) is 3.55. The van der Waals surface area contributed by atoms with E-state index < -0.39 is 6.10 Å². The summed E-state index contributed by atoms with van der Waals surface area (Å²) in [6.45, 7) is 2.60. The Morgan fingerprint density at radius 1 is 1.37 bits per heavy atom. The number of para-hydroxylation sites is 1. The Hall–Kier alpha value is -1.39. The van der Waals surface area contributed by atoms with E-state index in [0.29, 0.717) is 5.69 Å². The van der Waals surface area contributed by atoms with Gasteiger partial charge in [0.05, 0.1) is 12.1 Å². The number of aliphatic hydroxyl groups excluding tert-OH is 1. The van der Waals surface area contributed by atoms with Gasteiger partial charge in [0.2, 0.25) is 5.91 Å². The maximum atomic E-state index is 12.2. The van der Waals surface area contributed by atoms with Crippen LogP contribution in [0.2, 0.25) is 0 Å². The van der Waals surface area contributed by atoms with Crippen molar-refractivity contribution in [2.75, 3.05) is 11.9 Å². The van der Waals surface area contributed by atoms with Crippen molar-refractivity contribution in [3.8, 4) is 0 Å². The zero-order valence-electron chi connectivity index (χ0n) is 11.4. The van der Waals surface area contributed by atoms with Crippen LogP contribution in [0.25, 0.3) is 0 Å². The maximum Gasteiger partial charge on any atom is 0.241 e. The van der Waals surface area contributed by atoms with Crippen molar-refractivity contribution in [1.82, 2.24) is 5.32 Å². The number of nitrogens with one attached hydrogen (secondary N) is 2. The van der Waals surface area contributed by atoms with Gasteiger partial charge in [-0.15, -0.1) is 0 Å². The molecule has 1 fully saturated rings. The van der Waals surface area contributed by atoms with Crippen LogP contribution in [0.3, 0.4) is 0 Å². The molecule has 19 heavy (non-hydrogen) atoms. The smallest absolute Gasteiger partial charge is 0.241 e. The van der Waals surface area contributed by atoms with Crippen LogP contribution in [0.4, 0.5) is 5.69 Å².